The average molecular weight is 350 g/mol. The number of ether oxygens (including phenoxy) is 1. The number of nitrogen functional groups attached to an aromatic ring is 1. The van der Waals surface area contributed by atoms with E-state index in [-0.39, 0.29) is 30.2 Å². The van der Waals surface area contributed by atoms with Gasteiger partial charge in [-0.3, -0.25) is 4.57 Å². The molecular formula is C13H22N5O4P. The fourth-order valence-corrected chi connectivity index (χ4v) is 2.96. The van der Waals surface area contributed by atoms with Crippen LogP contribution in [-0.2, 0) is 24.8 Å². The van der Waals surface area contributed by atoms with Crippen molar-refractivity contribution in [1.29, 1.82) is 0 Å². The summed E-state index contributed by atoms with van der Waals surface area (Å²) < 4.78 is 84.7. The maximum absolute atomic E-state index is 12.7. The Balaban J connectivity index is 2.59. The van der Waals surface area contributed by atoms with Gasteiger partial charge < -0.3 is 24.1 Å². The van der Waals surface area contributed by atoms with Crippen molar-refractivity contribution >= 4 is 24.6 Å². The van der Waals surface area contributed by atoms with Gasteiger partial charge in [-0.2, -0.15) is 0 Å². The van der Waals surface area contributed by atoms with Crippen molar-refractivity contribution < 1.29 is 27.9 Å². The zero-order chi connectivity index (χ0) is 23.0. The van der Waals surface area contributed by atoms with Crippen LogP contribution in [0.15, 0.2) is 12.6 Å². The van der Waals surface area contributed by atoms with Gasteiger partial charge >= 0.3 is 7.60 Å². The molecule has 2 aromatic heterocycles. The van der Waals surface area contributed by atoms with E-state index in [1.165, 1.54) is 13.8 Å². The van der Waals surface area contributed by atoms with Crippen LogP contribution in [0.1, 0.15) is 30.3 Å². The summed E-state index contributed by atoms with van der Waals surface area (Å²) in [7, 11) is -3.98. The van der Waals surface area contributed by atoms with Gasteiger partial charge in [-0.25, -0.2) is 15.0 Å². The number of nitrogens with zero attached hydrogens (tertiary/aromatic N) is 4. The maximum Gasteiger partial charge on any atom is 0.356 e. The van der Waals surface area contributed by atoms with Crippen molar-refractivity contribution in [3.05, 3.63) is 12.6 Å². The van der Waals surface area contributed by atoms with Gasteiger partial charge in [0.1, 0.15) is 19.6 Å². The fraction of sp³-hybridized carbons (Fsp3) is 0.615. The lowest BCUT2D eigenvalue weighted by Crippen LogP contribution is -2.18. The highest BCUT2D eigenvalue weighted by Crippen LogP contribution is 2.48. The molecule has 0 aliphatic rings. The zero-order valence-corrected chi connectivity index (χ0v) is 13.5. The average Bonchev–Trinajstić information content (AvgIpc) is 2.97. The number of nitrogens with two attached hydrogens (primary N) is 1. The first-order valence-electron chi connectivity index (χ1n) is 10.2. The minimum atomic E-state index is -3.98. The molecule has 2 N–H and O–H groups in total. The monoisotopic (exact) mass is 350 g/mol. The lowest BCUT2D eigenvalue weighted by atomic mass is 10.4. The van der Waals surface area contributed by atoms with Crippen LogP contribution in [0.4, 0.5) is 5.82 Å². The molecule has 2 rings (SSSR count). The molecule has 0 bridgehead atoms. The van der Waals surface area contributed by atoms with E-state index in [4.69, 9.17) is 29.1 Å². The Bertz CT molecular complexity index is 946. The molecule has 1 atom stereocenters. The first-order chi connectivity index (χ1) is 13.7. The highest BCUT2D eigenvalue weighted by atomic mass is 31.2. The summed E-state index contributed by atoms with van der Waals surface area (Å²) in [4.78, 5) is 11.3. The standard InChI is InChI=1S/C13H22N5O4P/c1-4-21-23(19,22-5-2)9-20-10(3)6-18-8-17-11-12(14)15-7-16-13(11)18/h7-8,10H,4-6,9H2,1-3H3,(H2,14,15,16)/i3D3,6D2,8D,10D. The van der Waals surface area contributed by atoms with E-state index in [2.05, 4.69) is 15.0 Å². The van der Waals surface area contributed by atoms with Gasteiger partial charge in [0.05, 0.1) is 36.2 Å². The molecule has 0 amide bonds. The Hall–Kier alpha value is -1.54. The van der Waals surface area contributed by atoms with E-state index in [0.29, 0.717) is 4.57 Å². The third kappa shape index (κ3) is 4.48. The Kier molecular flexibility index (Phi) is 3.52. The van der Waals surface area contributed by atoms with Gasteiger partial charge in [0.15, 0.2) is 11.5 Å². The van der Waals surface area contributed by atoms with Crippen LogP contribution in [0.5, 0.6) is 0 Å². The maximum atomic E-state index is 12.7. The largest absolute Gasteiger partial charge is 0.382 e. The first kappa shape index (κ1) is 10.4. The van der Waals surface area contributed by atoms with Gasteiger partial charge in [-0.1, -0.05) is 0 Å². The molecule has 0 saturated heterocycles. The molecule has 2 heterocycles. The lowest BCUT2D eigenvalue weighted by molar-refractivity contribution is 0.0672. The Morgan fingerprint density at radius 2 is 2.22 bits per heavy atom. The van der Waals surface area contributed by atoms with Crippen molar-refractivity contribution in [2.75, 3.05) is 25.3 Å². The van der Waals surface area contributed by atoms with Crippen LogP contribution in [0.2, 0.25) is 0 Å². The molecule has 0 spiro atoms. The third-order valence-electron chi connectivity index (χ3n) is 2.54. The number of anilines is 1. The molecule has 0 radical (unpaired) electrons. The van der Waals surface area contributed by atoms with E-state index in [1.807, 2.05) is 0 Å². The molecule has 10 heteroatoms. The summed E-state index contributed by atoms with van der Waals surface area (Å²) in [5.41, 5.74) is 5.22. The van der Waals surface area contributed by atoms with Crippen molar-refractivity contribution in [1.82, 2.24) is 19.5 Å². The number of aromatic nitrogens is 4. The van der Waals surface area contributed by atoms with Crippen molar-refractivity contribution in [3.63, 3.8) is 0 Å². The second-order valence-electron chi connectivity index (χ2n) is 4.14. The smallest absolute Gasteiger partial charge is 0.356 e. The molecule has 128 valence electrons. The molecule has 1 unspecified atom stereocenters. The van der Waals surface area contributed by atoms with Crippen LogP contribution in [-0.4, -0.2) is 45.2 Å². The van der Waals surface area contributed by atoms with E-state index in [1.54, 1.807) is 0 Å². The summed E-state index contributed by atoms with van der Waals surface area (Å²) >= 11 is 0. The van der Waals surface area contributed by atoms with Crippen LogP contribution in [0.25, 0.3) is 11.2 Å². The second kappa shape index (κ2) is 7.83. The van der Waals surface area contributed by atoms with E-state index in [0.717, 1.165) is 6.33 Å². The van der Waals surface area contributed by atoms with Crippen LogP contribution in [0, 0.1) is 0 Å². The Morgan fingerprint density at radius 3 is 2.87 bits per heavy atom. The molecule has 9 nitrogen and oxygen atoms in total. The van der Waals surface area contributed by atoms with E-state index >= 15 is 0 Å². The van der Waals surface area contributed by atoms with Crippen molar-refractivity contribution in [2.24, 2.45) is 0 Å². The first-order valence-corrected chi connectivity index (χ1v) is 8.45. The lowest BCUT2D eigenvalue weighted by Gasteiger charge is -2.20. The van der Waals surface area contributed by atoms with Gasteiger partial charge in [-0.05, 0) is 20.7 Å². The topological polar surface area (TPSA) is 114 Å². The summed E-state index contributed by atoms with van der Waals surface area (Å²) in [6.45, 7) is -3.69. The van der Waals surface area contributed by atoms with Gasteiger partial charge in [-0.15, -0.1) is 0 Å². The third-order valence-corrected chi connectivity index (χ3v) is 4.29. The molecule has 0 saturated carbocycles. The quantitative estimate of drug-likeness (QED) is 0.683. The highest BCUT2D eigenvalue weighted by molar-refractivity contribution is 7.53. The normalized spacial score (nSPS) is 20.5. The molecule has 23 heavy (non-hydrogen) atoms. The summed E-state index contributed by atoms with van der Waals surface area (Å²) in [5, 5.41) is 0. The van der Waals surface area contributed by atoms with Crippen molar-refractivity contribution in [2.45, 2.75) is 33.3 Å². The molecular weight excluding hydrogens is 321 g/mol. The highest BCUT2D eigenvalue weighted by Gasteiger charge is 2.25. The van der Waals surface area contributed by atoms with E-state index < -0.39 is 39.7 Å². The minimum Gasteiger partial charge on any atom is -0.382 e. The number of fused-ring (bicyclic) bond motifs is 1. The number of rotatable bonds is 9. The fourth-order valence-electron chi connectivity index (χ4n) is 1.66. The van der Waals surface area contributed by atoms with Gasteiger partial charge in [0, 0.05) is 4.11 Å². The van der Waals surface area contributed by atoms with Crippen molar-refractivity contribution in [3.8, 4) is 0 Å². The Morgan fingerprint density at radius 1 is 1.48 bits per heavy atom. The number of hydrogen-bond acceptors (Lipinski definition) is 8. The molecule has 0 aliphatic carbocycles. The molecule has 0 aromatic carbocycles. The van der Waals surface area contributed by atoms with Crippen LogP contribution >= 0.6 is 7.60 Å². The van der Waals surface area contributed by atoms with Crippen LogP contribution in [0.3, 0.4) is 0 Å². The van der Waals surface area contributed by atoms with Crippen LogP contribution < -0.4 is 5.73 Å². The molecule has 0 aliphatic heterocycles. The second-order valence-corrected chi connectivity index (χ2v) is 6.14. The van der Waals surface area contributed by atoms with E-state index in [9.17, 15) is 4.57 Å². The summed E-state index contributed by atoms with van der Waals surface area (Å²) in [5.74, 6) is -0.161. The number of hydrogen-bond donors (Lipinski definition) is 1. The predicted molar refractivity (Wildman–Crippen MR) is 86.0 cm³/mol. The minimum absolute atomic E-state index is 0.0501. The predicted octanol–water partition coefficient (Wildman–Crippen LogP) is 2.04. The SMILES string of the molecule is [2H]c1nc2c(N)ncnc2n1C([2H])([2H])C([2H])(OCP(=O)(OCC)OCC)C([2H])([2H])[2H]. The summed E-state index contributed by atoms with van der Waals surface area (Å²) in [6.07, 6.45) is -4.14. The zero-order valence-electron chi connectivity index (χ0n) is 19.6. The number of imidazole rings is 1. The molecule has 2 aromatic rings. The Labute approximate surface area is 144 Å². The molecule has 0 fully saturated rings. The van der Waals surface area contributed by atoms with Gasteiger partial charge in [0.2, 0.25) is 0 Å². The summed E-state index contributed by atoms with van der Waals surface area (Å²) in [6, 6.07) is 0. The van der Waals surface area contributed by atoms with Gasteiger partial charge in [0.25, 0.3) is 0 Å².